The second-order valence-corrected chi connectivity index (χ2v) is 24.2. The predicted molar refractivity (Wildman–Crippen MR) is 333 cm³/mol. The van der Waals surface area contributed by atoms with Gasteiger partial charge in [0, 0.05) is 12.8 Å². The molecular formula is C70H137NO5. The number of rotatable bonds is 66. The topological polar surface area (TPSA) is 95.9 Å². The molecule has 6 heteroatoms. The third-order valence-corrected chi connectivity index (χ3v) is 16.6. The number of carbonyl (C=O) groups is 2. The van der Waals surface area contributed by atoms with Crippen LogP contribution in [0, 0.1) is 0 Å². The first-order chi connectivity index (χ1) is 37.5. The number of aliphatic hydroxyl groups is 2. The van der Waals surface area contributed by atoms with Gasteiger partial charge in [-0.3, -0.25) is 9.59 Å². The van der Waals surface area contributed by atoms with Crippen LogP contribution in [0.4, 0.5) is 0 Å². The molecule has 2 atom stereocenters. The molecule has 0 aliphatic rings. The van der Waals surface area contributed by atoms with Crippen molar-refractivity contribution in [3.05, 3.63) is 12.2 Å². The molecule has 0 aromatic carbocycles. The minimum absolute atomic E-state index is 0.0205. The fourth-order valence-corrected chi connectivity index (χ4v) is 11.2. The Hall–Kier alpha value is -1.40. The Morgan fingerprint density at radius 1 is 0.355 bits per heavy atom. The summed E-state index contributed by atoms with van der Waals surface area (Å²) in [4.78, 5) is 24.6. The largest absolute Gasteiger partial charge is 0.466 e. The van der Waals surface area contributed by atoms with Gasteiger partial charge in [-0.1, -0.05) is 347 Å². The second-order valence-electron chi connectivity index (χ2n) is 24.2. The zero-order valence-electron chi connectivity index (χ0n) is 51.8. The van der Waals surface area contributed by atoms with Gasteiger partial charge in [0.25, 0.3) is 0 Å². The van der Waals surface area contributed by atoms with Crippen molar-refractivity contribution in [2.24, 2.45) is 0 Å². The van der Waals surface area contributed by atoms with Crippen LogP contribution in [-0.4, -0.2) is 47.4 Å². The third-order valence-electron chi connectivity index (χ3n) is 16.6. The molecule has 76 heavy (non-hydrogen) atoms. The number of aliphatic hydroxyl groups excluding tert-OH is 2. The van der Waals surface area contributed by atoms with Gasteiger partial charge in [-0.25, -0.2) is 0 Å². The molecule has 0 aliphatic carbocycles. The number of esters is 1. The van der Waals surface area contributed by atoms with Crippen LogP contribution in [0.5, 0.6) is 0 Å². The Kier molecular flexibility index (Phi) is 64.9. The monoisotopic (exact) mass is 1070 g/mol. The van der Waals surface area contributed by atoms with Crippen LogP contribution in [-0.2, 0) is 14.3 Å². The van der Waals surface area contributed by atoms with Crippen molar-refractivity contribution in [3.8, 4) is 0 Å². The number of amides is 1. The summed E-state index contributed by atoms with van der Waals surface area (Å²) in [5, 5.41) is 23.3. The van der Waals surface area contributed by atoms with Gasteiger partial charge >= 0.3 is 5.97 Å². The quantitative estimate of drug-likeness (QED) is 0.0320. The molecule has 0 saturated carbocycles. The van der Waals surface area contributed by atoms with E-state index < -0.39 is 12.1 Å². The van der Waals surface area contributed by atoms with Gasteiger partial charge in [0.15, 0.2) is 0 Å². The summed E-state index contributed by atoms with van der Waals surface area (Å²) < 4.78 is 5.51. The van der Waals surface area contributed by atoms with Crippen LogP contribution in [0.15, 0.2) is 12.2 Å². The van der Waals surface area contributed by atoms with Gasteiger partial charge in [0.2, 0.25) is 5.91 Å². The number of unbranched alkanes of at least 4 members (excludes halogenated alkanes) is 53. The van der Waals surface area contributed by atoms with Crippen LogP contribution >= 0.6 is 0 Å². The first-order valence-corrected chi connectivity index (χ1v) is 34.9. The zero-order valence-corrected chi connectivity index (χ0v) is 51.8. The van der Waals surface area contributed by atoms with Crippen molar-refractivity contribution in [2.45, 2.75) is 411 Å². The van der Waals surface area contributed by atoms with E-state index in [0.717, 1.165) is 38.5 Å². The SMILES string of the molecule is CCCCCCCCCCCCCCCCCCCCC(=O)OCCCCCCCCCCCCCC/C=C\CCCCCCCCCCCCCC(=O)NC(CO)C(O)CCCCCCCCCCCCCCCC. The van der Waals surface area contributed by atoms with Crippen LogP contribution in [0.2, 0.25) is 0 Å². The minimum Gasteiger partial charge on any atom is -0.466 e. The molecule has 0 aliphatic heterocycles. The molecule has 0 aromatic heterocycles. The Morgan fingerprint density at radius 2 is 0.618 bits per heavy atom. The van der Waals surface area contributed by atoms with Gasteiger partial charge in [0.1, 0.15) is 0 Å². The van der Waals surface area contributed by atoms with Gasteiger partial charge < -0.3 is 20.3 Å². The molecule has 0 radical (unpaired) electrons. The summed E-state index contributed by atoms with van der Waals surface area (Å²) in [6, 6.07) is -0.541. The highest BCUT2D eigenvalue weighted by atomic mass is 16.5. The number of hydrogen-bond acceptors (Lipinski definition) is 5. The molecule has 2 unspecified atom stereocenters. The zero-order chi connectivity index (χ0) is 55.0. The highest BCUT2D eigenvalue weighted by Gasteiger charge is 2.20. The highest BCUT2D eigenvalue weighted by molar-refractivity contribution is 5.76. The van der Waals surface area contributed by atoms with Crippen LogP contribution in [0.1, 0.15) is 399 Å². The maximum atomic E-state index is 12.5. The summed E-state index contributed by atoms with van der Waals surface area (Å²) in [6.45, 7) is 4.99. The van der Waals surface area contributed by atoms with Crippen LogP contribution in [0.3, 0.4) is 0 Å². The van der Waals surface area contributed by atoms with Crippen molar-refractivity contribution in [1.82, 2.24) is 5.32 Å². The molecule has 0 aromatic rings. The number of hydrogen-bond donors (Lipinski definition) is 3. The van der Waals surface area contributed by atoms with Gasteiger partial charge in [-0.05, 0) is 51.4 Å². The van der Waals surface area contributed by atoms with E-state index in [4.69, 9.17) is 4.74 Å². The fraction of sp³-hybridized carbons (Fsp3) is 0.943. The molecular weight excluding hydrogens is 935 g/mol. The molecule has 452 valence electrons. The van der Waals surface area contributed by atoms with E-state index in [2.05, 4.69) is 31.3 Å². The molecule has 1 amide bonds. The van der Waals surface area contributed by atoms with E-state index in [9.17, 15) is 19.8 Å². The third kappa shape index (κ3) is 61.8. The lowest BCUT2D eigenvalue weighted by Gasteiger charge is -2.22. The summed E-state index contributed by atoms with van der Waals surface area (Å²) >= 11 is 0. The maximum Gasteiger partial charge on any atom is 0.305 e. The Labute approximate surface area is 476 Å². The van der Waals surface area contributed by atoms with Crippen molar-refractivity contribution in [2.75, 3.05) is 13.2 Å². The molecule has 0 saturated heterocycles. The van der Waals surface area contributed by atoms with Crippen molar-refractivity contribution in [3.63, 3.8) is 0 Å². The summed E-state index contributed by atoms with van der Waals surface area (Å²) in [6.07, 6.45) is 81.2. The summed E-state index contributed by atoms with van der Waals surface area (Å²) in [7, 11) is 0. The minimum atomic E-state index is -0.664. The average molecular weight is 1070 g/mol. The fourth-order valence-electron chi connectivity index (χ4n) is 11.2. The van der Waals surface area contributed by atoms with E-state index in [1.54, 1.807) is 0 Å². The number of ether oxygens (including phenoxy) is 1. The molecule has 0 fully saturated rings. The average Bonchev–Trinajstić information content (AvgIpc) is 3.42. The second kappa shape index (κ2) is 66.1. The maximum absolute atomic E-state index is 12.5. The lowest BCUT2D eigenvalue weighted by Crippen LogP contribution is -2.45. The highest BCUT2D eigenvalue weighted by Crippen LogP contribution is 2.19. The summed E-state index contributed by atoms with van der Waals surface area (Å²) in [5.41, 5.74) is 0. The van der Waals surface area contributed by atoms with E-state index in [-0.39, 0.29) is 18.5 Å². The van der Waals surface area contributed by atoms with E-state index >= 15 is 0 Å². The normalized spacial score (nSPS) is 12.5. The molecule has 3 N–H and O–H groups in total. The molecule has 0 heterocycles. The van der Waals surface area contributed by atoms with Gasteiger partial charge in [-0.2, -0.15) is 0 Å². The van der Waals surface area contributed by atoms with E-state index in [1.165, 1.54) is 327 Å². The predicted octanol–water partition coefficient (Wildman–Crippen LogP) is 22.4. The van der Waals surface area contributed by atoms with Crippen molar-refractivity contribution in [1.29, 1.82) is 0 Å². The van der Waals surface area contributed by atoms with Gasteiger partial charge in [0.05, 0.1) is 25.4 Å². The number of carbonyl (C=O) groups excluding carboxylic acids is 2. The van der Waals surface area contributed by atoms with Crippen LogP contribution < -0.4 is 5.32 Å². The number of allylic oxidation sites excluding steroid dienone is 2. The Morgan fingerprint density at radius 3 is 0.934 bits per heavy atom. The standard InChI is InChI=1S/C70H137NO5/c1-3-5-7-9-11-13-15-17-19-20-33-36-40-44-48-52-56-60-64-70(75)76-65-61-57-53-49-45-41-37-34-31-29-27-25-23-21-22-24-26-28-30-32-35-39-43-47-51-55-59-63-69(74)71-67(66-72)68(73)62-58-54-50-46-42-38-18-16-14-12-10-8-6-4-2/h21-22,67-68,72-73H,3-20,23-66H2,1-2H3,(H,71,74)/b22-21-. The molecule has 0 bridgehead atoms. The Bertz CT molecular complexity index is 1140. The smallest absolute Gasteiger partial charge is 0.305 e. The van der Waals surface area contributed by atoms with Crippen molar-refractivity contribution >= 4 is 11.9 Å². The molecule has 0 spiro atoms. The summed E-state index contributed by atoms with van der Waals surface area (Å²) in [5.74, 6) is -0.0126. The van der Waals surface area contributed by atoms with Crippen molar-refractivity contribution < 1.29 is 24.5 Å². The lowest BCUT2D eigenvalue weighted by molar-refractivity contribution is -0.143. The lowest BCUT2D eigenvalue weighted by atomic mass is 10.0. The van der Waals surface area contributed by atoms with E-state index in [1.807, 2.05) is 0 Å². The van der Waals surface area contributed by atoms with E-state index in [0.29, 0.717) is 25.9 Å². The molecule has 0 rings (SSSR count). The first kappa shape index (κ1) is 74.6. The van der Waals surface area contributed by atoms with Crippen LogP contribution in [0.25, 0.3) is 0 Å². The first-order valence-electron chi connectivity index (χ1n) is 34.9. The van der Waals surface area contributed by atoms with Gasteiger partial charge in [-0.15, -0.1) is 0 Å². The Balaban J connectivity index is 3.35. The number of nitrogens with one attached hydrogen (secondary N) is 1. The molecule has 6 nitrogen and oxygen atoms in total.